The van der Waals surface area contributed by atoms with Crippen molar-refractivity contribution in [3.05, 3.63) is 21.4 Å². The second-order valence-corrected chi connectivity index (χ2v) is 6.21. The molecule has 88 valence electrons. The summed E-state index contributed by atoms with van der Waals surface area (Å²) in [6.45, 7) is 5.63. The maximum atomic E-state index is 12.2. The third-order valence-corrected chi connectivity index (χ3v) is 4.52. The van der Waals surface area contributed by atoms with E-state index in [2.05, 4.69) is 6.92 Å². The number of thiophene rings is 1. The SMILES string of the molecule is Cc1cc(C(=O)N2CCCC(Cl)C2)sc1C. The van der Waals surface area contributed by atoms with Gasteiger partial charge < -0.3 is 4.90 Å². The Labute approximate surface area is 105 Å². The Bertz CT molecular complexity index is 382. The van der Waals surface area contributed by atoms with Crippen molar-refractivity contribution in [1.82, 2.24) is 4.90 Å². The van der Waals surface area contributed by atoms with Crippen molar-refractivity contribution < 1.29 is 4.79 Å². The van der Waals surface area contributed by atoms with Gasteiger partial charge in [-0.1, -0.05) is 0 Å². The molecule has 1 saturated heterocycles. The van der Waals surface area contributed by atoms with Gasteiger partial charge in [0.1, 0.15) is 0 Å². The summed E-state index contributed by atoms with van der Waals surface area (Å²) in [5.41, 5.74) is 1.20. The van der Waals surface area contributed by atoms with Crippen molar-refractivity contribution >= 4 is 28.8 Å². The van der Waals surface area contributed by atoms with Gasteiger partial charge >= 0.3 is 0 Å². The van der Waals surface area contributed by atoms with Gasteiger partial charge in [0, 0.05) is 18.0 Å². The third-order valence-electron chi connectivity index (χ3n) is 3.03. The van der Waals surface area contributed by atoms with Crippen LogP contribution in [0.4, 0.5) is 0 Å². The van der Waals surface area contributed by atoms with Crippen molar-refractivity contribution in [3.63, 3.8) is 0 Å². The van der Waals surface area contributed by atoms with E-state index in [-0.39, 0.29) is 11.3 Å². The van der Waals surface area contributed by atoms with Gasteiger partial charge in [0.15, 0.2) is 0 Å². The number of hydrogen-bond donors (Lipinski definition) is 0. The first-order chi connectivity index (χ1) is 7.58. The first kappa shape index (κ1) is 11.9. The highest BCUT2D eigenvalue weighted by molar-refractivity contribution is 7.14. The molecule has 0 radical (unpaired) electrons. The molecule has 1 aromatic rings. The lowest BCUT2D eigenvalue weighted by Gasteiger charge is -2.29. The van der Waals surface area contributed by atoms with Gasteiger partial charge in [-0.3, -0.25) is 4.79 Å². The van der Waals surface area contributed by atoms with Crippen LogP contribution >= 0.6 is 22.9 Å². The molecule has 0 saturated carbocycles. The molecule has 4 heteroatoms. The lowest BCUT2D eigenvalue weighted by molar-refractivity contribution is 0.0732. The minimum atomic E-state index is 0.125. The number of carbonyl (C=O) groups excluding carboxylic acids is 1. The fourth-order valence-corrected chi connectivity index (χ4v) is 3.27. The van der Waals surface area contributed by atoms with E-state index in [1.807, 2.05) is 17.9 Å². The molecular formula is C12H16ClNOS. The second-order valence-electron chi connectivity index (χ2n) is 4.34. The number of hydrogen-bond acceptors (Lipinski definition) is 2. The number of aryl methyl sites for hydroxylation is 2. The number of piperidine rings is 1. The zero-order valence-electron chi connectivity index (χ0n) is 9.62. The lowest BCUT2D eigenvalue weighted by atomic mass is 10.1. The fourth-order valence-electron chi connectivity index (χ4n) is 1.94. The van der Waals surface area contributed by atoms with Crippen molar-refractivity contribution in [2.45, 2.75) is 32.1 Å². The molecule has 2 nitrogen and oxygen atoms in total. The molecule has 0 N–H and O–H groups in total. The number of alkyl halides is 1. The van der Waals surface area contributed by atoms with E-state index in [0.29, 0.717) is 6.54 Å². The van der Waals surface area contributed by atoms with Crippen LogP contribution in [0.3, 0.4) is 0 Å². The minimum Gasteiger partial charge on any atom is -0.336 e. The van der Waals surface area contributed by atoms with Crippen LogP contribution in [0.1, 0.15) is 33.0 Å². The minimum absolute atomic E-state index is 0.125. The average Bonchev–Trinajstić information content (AvgIpc) is 2.58. The highest BCUT2D eigenvalue weighted by Gasteiger charge is 2.24. The topological polar surface area (TPSA) is 20.3 Å². The van der Waals surface area contributed by atoms with Crippen LogP contribution in [0.2, 0.25) is 0 Å². The molecule has 1 unspecified atom stereocenters. The maximum Gasteiger partial charge on any atom is 0.263 e. The number of amides is 1. The number of likely N-dealkylation sites (tertiary alicyclic amines) is 1. The first-order valence-corrected chi connectivity index (χ1v) is 6.83. The van der Waals surface area contributed by atoms with Crippen molar-refractivity contribution in [2.24, 2.45) is 0 Å². The van der Waals surface area contributed by atoms with E-state index < -0.39 is 0 Å². The smallest absolute Gasteiger partial charge is 0.263 e. The normalized spacial score (nSPS) is 21.2. The summed E-state index contributed by atoms with van der Waals surface area (Å²) < 4.78 is 0. The highest BCUT2D eigenvalue weighted by atomic mass is 35.5. The van der Waals surface area contributed by atoms with Crippen molar-refractivity contribution in [2.75, 3.05) is 13.1 Å². The summed E-state index contributed by atoms with van der Waals surface area (Å²) in [6.07, 6.45) is 2.04. The molecule has 1 aliphatic rings. The molecule has 2 rings (SSSR count). The molecule has 1 amide bonds. The Morgan fingerprint density at radius 1 is 1.56 bits per heavy atom. The van der Waals surface area contributed by atoms with E-state index in [0.717, 1.165) is 24.3 Å². The number of carbonyl (C=O) groups is 1. The van der Waals surface area contributed by atoms with Gasteiger partial charge in [-0.15, -0.1) is 22.9 Å². The summed E-state index contributed by atoms with van der Waals surface area (Å²) in [4.78, 5) is 16.1. The largest absolute Gasteiger partial charge is 0.336 e. The third kappa shape index (κ3) is 2.41. The van der Waals surface area contributed by atoms with Crippen LogP contribution in [0.5, 0.6) is 0 Å². The second kappa shape index (κ2) is 4.76. The van der Waals surface area contributed by atoms with Crippen LogP contribution in [-0.2, 0) is 0 Å². The van der Waals surface area contributed by atoms with Crippen LogP contribution in [0, 0.1) is 13.8 Å². The average molecular weight is 258 g/mol. The molecule has 16 heavy (non-hydrogen) atoms. The molecule has 0 bridgehead atoms. The molecule has 2 heterocycles. The fraction of sp³-hybridized carbons (Fsp3) is 0.583. The van der Waals surface area contributed by atoms with Gasteiger partial charge in [0.25, 0.3) is 5.91 Å². The number of halogens is 1. The number of nitrogens with zero attached hydrogens (tertiary/aromatic N) is 1. The summed E-state index contributed by atoms with van der Waals surface area (Å²) >= 11 is 7.67. The predicted molar refractivity (Wildman–Crippen MR) is 68.6 cm³/mol. The molecule has 0 aromatic carbocycles. The summed E-state index contributed by atoms with van der Waals surface area (Å²) in [5, 5.41) is 0.125. The quantitative estimate of drug-likeness (QED) is 0.708. The Hall–Kier alpha value is -0.540. The summed E-state index contributed by atoms with van der Waals surface area (Å²) in [6, 6.07) is 1.99. The summed E-state index contributed by atoms with van der Waals surface area (Å²) in [5.74, 6) is 0.145. The standard InChI is InChI=1S/C12H16ClNOS/c1-8-6-11(16-9(8)2)12(15)14-5-3-4-10(13)7-14/h6,10H,3-5,7H2,1-2H3. The van der Waals surface area contributed by atoms with Crippen LogP contribution in [-0.4, -0.2) is 29.3 Å². The first-order valence-electron chi connectivity index (χ1n) is 5.58. The van der Waals surface area contributed by atoms with E-state index in [1.165, 1.54) is 10.4 Å². The molecule has 0 aliphatic carbocycles. The lowest BCUT2D eigenvalue weighted by Crippen LogP contribution is -2.40. The molecular weight excluding hydrogens is 242 g/mol. The molecule has 1 aliphatic heterocycles. The van der Waals surface area contributed by atoms with Crippen LogP contribution in [0.15, 0.2) is 6.07 Å². The Balaban J connectivity index is 2.12. The van der Waals surface area contributed by atoms with Gasteiger partial charge in [-0.25, -0.2) is 0 Å². The van der Waals surface area contributed by atoms with E-state index >= 15 is 0 Å². The predicted octanol–water partition coefficient (Wildman–Crippen LogP) is 3.21. The molecule has 1 atom stereocenters. The molecule has 0 spiro atoms. The Kier molecular flexibility index (Phi) is 3.55. The van der Waals surface area contributed by atoms with Crippen LogP contribution < -0.4 is 0 Å². The van der Waals surface area contributed by atoms with Crippen molar-refractivity contribution in [1.29, 1.82) is 0 Å². The van der Waals surface area contributed by atoms with Gasteiger partial charge in [0.2, 0.25) is 0 Å². The highest BCUT2D eigenvalue weighted by Crippen LogP contribution is 2.24. The van der Waals surface area contributed by atoms with Gasteiger partial charge in [-0.2, -0.15) is 0 Å². The van der Waals surface area contributed by atoms with Crippen molar-refractivity contribution in [3.8, 4) is 0 Å². The van der Waals surface area contributed by atoms with Gasteiger partial charge in [0.05, 0.1) is 10.3 Å². The maximum absolute atomic E-state index is 12.2. The Morgan fingerprint density at radius 3 is 2.88 bits per heavy atom. The zero-order valence-corrected chi connectivity index (χ0v) is 11.2. The Morgan fingerprint density at radius 2 is 2.31 bits per heavy atom. The van der Waals surface area contributed by atoms with E-state index in [4.69, 9.17) is 11.6 Å². The summed E-state index contributed by atoms with van der Waals surface area (Å²) in [7, 11) is 0. The van der Waals surface area contributed by atoms with Gasteiger partial charge in [-0.05, 0) is 38.3 Å². The van der Waals surface area contributed by atoms with Crippen LogP contribution in [0.25, 0.3) is 0 Å². The molecule has 1 aromatic heterocycles. The monoisotopic (exact) mass is 257 g/mol. The molecule has 1 fully saturated rings. The van der Waals surface area contributed by atoms with E-state index in [9.17, 15) is 4.79 Å². The number of rotatable bonds is 1. The van der Waals surface area contributed by atoms with E-state index in [1.54, 1.807) is 11.3 Å². The zero-order chi connectivity index (χ0) is 11.7.